The Balaban J connectivity index is 2.03. The number of nitrogens with one attached hydrogen (secondary N) is 2. The van der Waals surface area contributed by atoms with Gasteiger partial charge in [0, 0.05) is 0 Å². The van der Waals surface area contributed by atoms with Crippen LogP contribution in [-0.4, -0.2) is 20.3 Å². The van der Waals surface area contributed by atoms with Crippen molar-refractivity contribution in [2.45, 2.75) is 4.90 Å². The lowest BCUT2D eigenvalue weighted by atomic mass is 10.1. The summed E-state index contributed by atoms with van der Waals surface area (Å²) in [5.74, 6) is 0. The minimum absolute atomic E-state index is 0.139. The van der Waals surface area contributed by atoms with E-state index in [-0.39, 0.29) is 4.90 Å². The van der Waals surface area contributed by atoms with E-state index in [1.54, 1.807) is 30.3 Å². The van der Waals surface area contributed by atoms with Crippen LogP contribution in [0, 0.1) is 11.3 Å². The number of nitrogens with zero attached hydrogens (tertiary/aromatic N) is 2. The maximum absolute atomic E-state index is 12.3. The number of benzene rings is 2. The first-order valence-corrected chi connectivity index (χ1v) is 8.30. The lowest BCUT2D eigenvalue weighted by Gasteiger charge is -2.08. The third-order valence-electron chi connectivity index (χ3n) is 2.96. The smallest absolute Gasteiger partial charge is 0.257 e. The number of nitriles is 1. The van der Waals surface area contributed by atoms with Crippen molar-refractivity contribution in [3.05, 3.63) is 42.0 Å². The van der Waals surface area contributed by atoms with E-state index in [9.17, 15) is 8.42 Å². The monoisotopic (exact) mass is 318 g/mol. The molecule has 1 aliphatic heterocycles. The summed E-state index contributed by atoms with van der Waals surface area (Å²) in [6, 6.07) is 12.0. The molecule has 0 amide bonds. The quantitative estimate of drug-likeness (QED) is 0.819. The molecule has 0 saturated carbocycles. The van der Waals surface area contributed by atoms with Gasteiger partial charge in [0.1, 0.15) is 6.67 Å². The molecule has 8 heteroatoms. The van der Waals surface area contributed by atoms with Gasteiger partial charge in [-0.1, -0.05) is 18.2 Å². The van der Waals surface area contributed by atoms with Crippen molar-refractivity contribution in [2.24, 2.45) is 4.99 Å². The predicted octanol–water partition coefficient (Wildman–Crippen LogP) is 1.55. The fourth-order valence-electron chi connectivity index (χ4n) is 1.99. The number of fused-ring (bicyclic) bond motifs is 1. The maximum atomic E-state index is 12.3. The molecule has 6 nitrogen and oxygen atoms in total. The van der Waals surface area contributed by atoms with Crippen molar-refractivity contribution in [1.82, 2.24) is 9.44 Å². The van der Waals surface area contributed by atoms with Crippen LogP contribution in [0.15, 0.2) is 46.3 Å². The molecule has 0 aromatic heterocycles. The van der Waals surface area contributed by atoms with E-state index in [1.807, 2.05) is 0 Å². The second kappa shape index (κ2) is 5.37. The van der Waals surface area contributed by atoms with Gasteiger partial charge in [0.2, 0.25) is 0 Å². The minimum atomic E-state index is -3.68. The van der Waals surface area contributed by atoms with E-state index in [2.05, 4.69) is 20.5 Å². The van der Waals surface area contributed by atoms with Crippen LogP contribution < -0.4 is 9.44 Å². The van der Waals surface area contributed by atoms with Crippen LogP contribution in [0.4, 0.5) is 0 Å². The van der Waals surface area contributed by atoms with E-state index in [0.29, 0.717) is 22.8 Å². The Morgan fingerprint density at radius 1 is 1.33 bits per heavy atom. The SMILES string of the molecule is N#Cc1cccc2cc(S(=O)(=O)NC3=NCNS3)ccc12. The zero-order valence-corrected chi connectivity index (χ0v) is 12.3. The fourth-order valence-corrected chi connectivity index (χ4v) is 3.82. The molecule has 0 bridgehead atoms. The molecule has 0 radical (unpaired) electrons. The largest absolute Gasteiger partial charge is 0.263 e. The molecule has 106 valence electrons. The van der Waals surface area contributed by atoms with Crippen molar-refractivity contribution in [1.29, 1.82) is 5.26 Å². The van der Waals surface area contributed by atoms with Gasteiger partial charge >= 0.3 is 0 Å². The van der Waals surface area contributed by atoms with Gasteiger partial charge < -0.3 is 0 Å². The van der Waals surface area contributed by atoms with Gasteiger partial charge in [-0.05, 0) is 40.9 Å². The first kappa shape index (κ1) is 13.9. The molecule has 21 heavy (non-hydrogen) atoms. The Bertz CT molecular complexity index is 885. The molecule has 0 saturated heterocycles. The Morgan fingerprint density at radius 2 is 2.19 bits per heavy atom. The second-order valence-electron chi connectivity index (χ2n) is 4.27. The predicted molar refractivity (Wildman–Crippen MR) is 82.0 cm³/mol. The summed E-state index contributed by atoms with van der Waals surface area (Å²) in [4.78, 5) is 4.11. The number of amidine groups is 1. The highest BCUT2D eigenvalue weighted by atomic mass is 32.2. The van der Waals surface area contributed by atoms with E-state index in [0.717, 1.165) is 17.3 Å². The Labute approximate surface area is 126 Å². The van der Waals surface area contributed by atoms with Gasteiger partial charge in [0.05, 0.1) is 16.5 Å². The van der Waals surface area contributed by atoms with Crippen molar-refractivity contribution in [2.75, 3.05) is 6.67 Å². The number of sulfonamides is 1. The van der Waals surface area contributed by atoms with Gasteiger partial charge in [-0.2, -0.15) is 5.26 Å². The van der Waals surface area contributed by atoms with Crippen LogP contribution in [0.25, 0.3) is 10.8 Å². The number of hydrogen-bond donors (Lipinski definition) is 2. The molecule has 2 aromatic rings. The van der Waals surface area contributed by atoms with Gasteiger partial charge in [-0.25, -0.2) is 18.1 Å². The van der Waals surface area contributed by atoms with Crippen LogP contribution in [0.2, 0.25) is 0 Å². The lowest BCUT2D eigenvalue weighted by Crippen LogP contribution is -2.27. The zero-order chi connectivity index (χ0) is 14.9. The zero-order valence-electron chi connectivity index (χ0n) is 10.7. The summed E-state index contributed by atoms with van der Waals surface area (Å²) < 4.78 is 29.8. The molecule has 1 aliphatic rings. The molecule has 2 N–H and O–H groups in total. The number of rotatable bonds is 2. The van der Waals surface area contributed by atoms with Crippen molar-refractivity contribution < 1.29 is 8.42 Å². The van der Waals surface area contributed by atoms with Gasteiger partial charge in [-0.3, -0.25) is 4.72 Å². The maximum Gasteiger partial charge on any atom is 0.263 e. The molecular weight excluding hydrogens is 308 g/mol. The van der Waals surface area contributed by atoms with Crippen LogP contribution >= 0.6 is 11.9 Å². The lowest BCUT2D eigenvalue weighted by molar-refractivity contribution is 0.593. The average Bonchev–Trinajstić information content (AvgIpc) is 2.98. The highest BCUT2D eigenvalue weighted by Gasteiger charge is 2.19. The van der Waals surface area contributed by atoms with Crippen molar-refractivity contribution in [3.8, 4) is 6.07 Å². The first-order valence-electron chi connectivity index (χ1n) is 6.00. The normalized spacial score (nSPS) is 14.7. The topological polar surface area (TPSA) is 94.3 Å². The van der Waals surface area contributed by atoms with E-state index in [1.165, 1.54) is 6.07 Å². The third kappa shape index (κ3) is 2.71. The summed E-state index contributed by atoms with van der Waals surface area (Å²) in [6.45, 7) is 0.381. The van der Waals surface area contributed by atoms with E-state index < -0.39 is 10.0 Å². The Morgan fingerprint density at radius 3 is 2.90 bits per heavy atom. The molecule has 3 rings (SSSR count). The summed E-state index contributed by atoms with van der Waals surface area (Å²) in [5.41, 5.74) is 0.518. The average molecular weight is 318 g/mol. The summed E-state index contributed by atoms with van der Waals surface area (Å²) >= 11 is 1.14. The fraction of sp³-hybridized carbons (Fsp3) is 0.0769. The van der Waals surface area contributed by atoms with Gasteiger partial charge in [-0.15, -0.1) is 0 Å². The minimum Gasteiger partial charge on any atom is -0.257 e. The summed E-state index contributed by atoms with van der Waals surface area (Å²) in [6.07, 6.45) is 0. The Kier molecular flexibility index (Phi) is 3.55. The van der Waals surface area contributed by atoms with Crippen molar-refractivity contribution >= 4 is 37.9 Å². The molecule has 0 unspecified atom stereocenters. The third-order valence-corrected chi connectivity index (χ3v) is 5.12. The highest BCUT2D eigenvalue weighted by molar-refractivity contribution is 8.13. The summed E-state index contributed by atoms with van der Waals surface area (Å²) in [7, 11) is -3.68. The molecule has 2 aromatic carbocycles. The first-order chi connectivity index (χ1) is 10.1. The van der Waals surface area contributed by atoms with E-state index >= 15 is 0 Å². The van der Waals surface area contributed by atoms with Crippen LogP contribution in [0.1, 0.15) is 5.56 Å². The van der Waals surface area contributed by atoms with Crippen molar-refractivity contribution in [3.63, 3.8) is 0 Å². The number of hydrogen-bond acceptors (Lipinski definition) is 6. The van der Waals surface area contributed by atoms with Gasteiger partial charge in [0.25, 0.3) is 10.0 Å². The standard InChI is InChI=1S/C13H10N4O2S2/c14-7-10-3-1-2-9-6-11(4-5-12(9)10)21(18,19)17-13-15-8-16-20-13/h1-6,16H,8H2,(H,15,17). The van der Waals surface area contributed by atoms with Crippen LogP contribution in [0.5, 0.6) is 0 Å². The molecular formula is C13H10N4O2S2. The molecule has 0 fully saturated rings. The van der Waals surface area contributed by atoms with Crippen LogP contribution in [-0.2, 0) is 10.0 Å². The molecule has 0 atom stereocenters. The van der Waals surface area contributed by atoms with E-state index in [4.69, 9.17) is 5.26 Å². The second-order valence-corrected chi connectivity index (χ2v) is 6.84. The number of aliphatic imine (C=N–C) groups is 1. The molecule has 1 heterocycles. The van der Waals surface area contributed by atoms with Gasteiger partial charge in [0.15, 0.2) is 5.17 Å². The summed E-state index contributed by atoms with van der Waals surface area (Å²) in [5, 5.41) is 10.8. The van der Waals surface area contributed by atoms with Crippen LogP contribution in [0.3, 0.4) is 0 Å². The Hall–Kier alpha value is -2.08. The highest BCUT2D eigenvalue weighted by Crippen LogP contribution is 2.22. The molecule has 0 spiro atoms. The molecule has 0 aliphatic carbocycles.